The van der Waals surface area contributed by atoms with Gasteiger partial charge in [0.15, 0.2) is 4.80 Å². The minimum Gasteiger partial charge on any atom is -0.489 e. The number of benzene rings is 2. The van der Waals surface area contributed by atoms with Gasteiger partial charge in [-0.3, -0.25) is 9.36 Å². The molecule has 0 saturated carbocycles. The van der Waals surface area contributed by atoms with Crippen LogP contribution in [0, 0.1) is 11.3 Å². The van der Waals surface area contributed by atoms with Gasteiger partial charge in [0.25, 0.3) is 5.56 Å². The number of thiophene rings is 1. The highest BCUT2D eigenvalue weighted by Gasteiger charge is 2.33. The molecule has 1 atom stereocenters. The fraction of sp³-hybridized carbons (Fsp3) is 0.172. The molecule has 3 heterocycles. The monoisotopic (exact) mass is 541 g/mol. The lowest BCUT2D eigenvalue weighted by molar-refractivity contribution is -0.139. The van der Waals surface area contributed by atoms with Gasteiger partial charge in [-0.15, -0.1) is 11.3 Å². The number of aromatic nitrogens is 1. The molecule has 0 fully saturated rings. The maximum atomic E-state index is 13.7. The summed E-state index contributed by atoms with van der Waals surface area (Å²) < 4.78 is 13.4. The summed E-state index contributed by atoms with van der Waals surface area (Å²) in [5, 5.41) is 10.9. The fourth-order valence-electron chi connectivity index (χ4n) is 4.20. The van der Waals surface area contributed by atoms with Gasteiger partial charge in [-0.25, -0.2) is 9.79 Å². The van der Waals surface area contributed by atoms with Crippen molar-refractivity contribution < 1.29 is 14.3 Å². The Bertz CT molecular complexity index is 1740. The van der Waals surface area contributed by atoms with Crippen molar-refractivity contribution in [3.8, 4) is 11.8 Å². The molecule has 2 aromatic carbocycles. The van der Waals surface area contributed by atoms with E-state index in [1.807, 2.05) is 60.0 Å². The zero-order chi connectivity index (χ0) is 26.6. The Morgan fingerprint density at radius 1 is 1.18 bits per heavy atom. The average molecular weight is 542 g/mol. The molecule has 0 saturated heterocycles. The second-order valence-electron chi connectivity index (χ2n) is 8.49. The Kier molecular flexibility index (Phi) is 7.36. The highest BCUT2D eigenvalue weighted by Crippen LogP contribution is 2.33. The molecule has 0 amide bonds. The van der Waals surface area contributed by atoms with E-state index in [9.17, 15) is 9.59 Å². The second-order valence-corrected chi connectivity index (χ2v) is 10.5. The molecule has 9 heteroatoms. The number of carbonyl (C=O) groups is 1. The number of rotatable bonds is 7. The van der Waals surface area contributed by atoms with Gasteiger partial charge in [0.1, 0.15) is 18.4 Å². The summed E-state index contributed by atoms with van der Waals surface area (Å²) in [6.45, 7) is 4.12. The van der Waals surface area contributed by atoms with Gasteiger partial charge in [-0.05, 0) is 66.8 Å². The molecule has 7 nitrogen and oxygen atoms in total. The number of carbonyl (C=O) groups excluding carboxylic acids is 1. The van der Waals surface area contributed by atoms with Crippen molar-refractivity contribution in [2.24, 2.45) is 4.99 Å². The summed E-state index contributed by atoms with van der Waals surface area (Å²) in [6.07, 6.45) is 1.81. The Hall–Kier alpha value is -4.26. The average Bonchev–Trinajstić information content (AvgIpc) is 3.56. The van der Waals surface area contributed by atoms with E-state index in [0.717, 1.165) is 16.0 Å². The van der Waals surface area contributed by atoms with Crippen LogP contribution in [0.2, 0.25) is 0 Å². The first-order valence-electron chi connectivity index (χ1n) is 11.9. The van der Waals surface area contributed by atoms with E-state index in [1.165, 1.54) is 22.7 Å². The lowest BCUT2D eigenvalue weighted by Crippen LogP contribution is -2.39. The molecule has 5 rings (SSSR count). The Labute approximate surface area is 226 Å². The van der Waals surface area contributed by atoms with Gasteiger partial charge in [0, 0.05) is 4.88 Å². The van der Waals surface area contributed by atoms with Crippen LogP contribution in [0.5, 0.6) is 5.75 Å². The zero-order valence-electron chi connectivity index (χ0n) is 20.7. The highest BCUT2D eigenvalue weighted by molar-refractivity contribution is 7.10. The first-order chi connectivity index (χ1) is 18.5. The number of nitriles is 1. The predicted octanol–water partition coefficient (Wildman–Crippen LogP) is 4.31. The molecule has 2 aromatic heterocycles. The van der Waals surface area contributed by atoms with E-state index >= 15 is 0 Å². The molecule has 0 N–H and O–H groups in total. The first-order valence-corrected chi connectivity index (χ1v) is 13.6. The van der Waals surface area contributed by atoms with Crippen molar-refractivity contribution in [3.63, 3.8) is 0 Å². The SMILES string of the molecule is CCOC(=O)C1=C(C)N=c2s/c(=C\c3cccc(OCc4ccc(C#N)cc4)c3)c(=O)n2[C@@H]1c1cccs1. The topological polar surface area (TPSA) is 93.7 Å². The quantitative estimate of drug-likeness (QED) is 0.325. The van der Waals surface area contributed by atoms with Crippen LogP contribution in [0.15, 0.2) is 87.1 Å². The maximum Gasteiger partial charge on any atom is 0.338 e. The van der Waals surface area contributed by atoms with Crippen LogP contribution in [-0.2, 0) is 16.1 Å². The highest BCUT2D eigenvalue weighted by atomic mass is 32.1. The van der Waals surface area contributed by atoms with Crippen LogP contribution in [0.4, 0.5) is 0 Å². The summed E-state index contributed by atoms with van der Waals surface area (Å²) in [5.41, 5.74) is 3.07. The van der Waals surface area contributed by atoms with E-state index in [1.54, 1.807) is 30.5 Å². The molecule has 0 unspecified atom stereocenters. The van der Waals surface area contributed by atoms with Crippen LogP contribution in [-0.4, -0.2) is 17.1 Å². The van der Waals surface area contributed by atoms with E-state index in [2.05, 4.69) is 11.1 Å². The van der Waals surface area contributed by atoms with Gasteiger partial charge < -0.3 is 9.47 Å². The number of hydrogen-bond acceptors (Lipinski definition) is 8. The van der Waals surface area contributed by atoms with Gasteiger partial charge in [0.2, 0.25) is 0 Å². The lowest BCUT2D eigenvalue weighted by atomic mass is 10.0. The third kappa shape index (κ3) is 5.09. The van der Waals surface area contributed by atoms with Crippen molar-refractivity contribution in [1.82, 2.24) is 4.57 Å². The second kappa shape index (κ2) is 11.0. The molecule has 1 aliphatic rings. The van der Waals surface area contributed by atoms with Crippen LogP contribution >= 0.6 is 22.7 Å². The van der Waals surface area contributed by atoms with E-state index in [4.69, 9.17) is 14.7 Å². The van der Waals surface area contributed by atoms with Gasteiger partial charge in [-0.1, -0.05) is 41.7 Å². The molecular formula is C29H23N3O4S2. The molecule has 38 heavy (non-hydrogen) atoms. The lowest BCUT2D eigenvalue weighted by Gasteiger charge is -2.23. The van der Waals surface area contributed by atoms with Gasteiger partial charge in [-0.2, -0.15) is 5.26 Å². The summed E-state index contributed by atoms with van der Waals surface area (Å²) >= 11 is 2.77. The van der Waals surface area contributed by atoms with Crippen LogP contribution < -0.4 is 19.6 Å². The smallest absolute Gasteiger partial charge is 0.338 e. The predicted molar refractivity (Wildman–Crippen MR) is 147 cm³/mol. The Balaban J connectivity index is 1.49. The van der Waals surface area contributed by atoms with Crippen LogP contribution in [0.25, 0.3) is 6.08 Å². The molecule has 0 spiro atoms. The summed E-state index contributed by atoms with van der Waals surface area (Å²) in [7, 11) is 0. The minimum absolute atomic E-state index is 0.217. The molecule has 0 bridgehead atoms. The maximum absolute atomic E-state index is 13.7. The standard InChI is InChI=1S/C29H23N3O4S2/c1-3-35-28(34)25-18(2)31-29-32(26(25)23-8-5-13-37-23)27(33)24(38-29)15-21-6-4-7-22(14-21)36-17-20-11-9-19(16-30)10-12-20/h4-15,26H,3,17H2,1-2H3/b24-15-/t26-/m1/s1. The van der Waals surface area contributed by atoms with Crippen molar-refractivity contribution >= 4 is 34.7 Å². The van der Waals surface area contributed by atoms with Crippen molar-refractivity contribution in [2.75, 3.05) is 6.61 Å². The van der Waals surface area contributed by atoms with Crippen molar-refractivity contribution in [3.05, 3.63) is 119 Å². The number of allylic oxidation sites excluding steroid dienone is 1. The van der Waals surface area contributed by atoms with E-state index in [0.29, 0.717) is 38.5 Å². The van der Waals surface area contributed by atoms with Crippen molar-refractivity contribution in [2.45, 2.75) is 26.5 Å². The van der Waals surface area contributed by atoms with Crippen molar-refractivity contribution in [1.29, 1.82) is 5.26 Å². The summed E-state index contributed by atoms with van der Waals surface area (Å²) in [6, 6.07) is 20.1. The number of fused-ring (bicyclic) bond motifs is 1. The van der Waals surface area contributed by atoms with Crippen LogP contribution in [0.1, 0.15) is 41.5 Å². The van der Waals surface area contributed by atoms with E-state index < -0.39 is 12.0 Å². The number of esters is 1. The van der Waals surface area contributed by atoms with Crippen LogP contribution in [0.3, 0.4) is 0 Å². The normalized spacial score (nSPS) is 15.0. The molecule has 0 aliphatic carbocycles. The third-order valence-electron chi connectivity index (χ3n) is 5.97. The Morgan fingerprint density at radius 2 is 2.00 bits per heavy atom. The van der Waals surface area contributed by atoms with Gasteiger partial charge in [0.05, 0.1) is 34.0 Å². The number of thiazole rings is 1. The molecule has 0 radical (unpaired) electrons. The molecular weight excluding hydrogens is 518 g/mol. The Morgan fingerprint density at radius 3 is 2.71 bits per heavy atom. The third-order valence-corrected chi connectivity index (χ3v) is 7.88. The molecule has 190 valence electrons. The number of nitrogens with zero attached hydrogens (tertiary/aromatic N) is 3. The summed E-state index contributed by atoms with van der Waals surface area (Å²) in [5.74, 6) is 0.196. The molecule has 4 aromatic rings. The minimum atomic E-state index is -0.588. The fourth-order valence-corrected chi connectivity index (χ4v) is 6.07. The van der Waals surface area contributed by atoms with E-state index in [-0.39, 0.29) is 12.2 Å². The number of ether oxygens (including phenoxy) is 2. The van der Waals surface area contributed by atoms with Gasteiger partial charge >= 0.3 is 5.97 Å². The largest absolute Gasteiger partial charge is 0.489 e. The first kappa shape index (κ1) is 25.4. The zero-order valence-corrected chi connectivity index (χ0v) is 22.3. The summed E-state index contributed by atoms with van der Waals surface area (Å²) in [4.78, 5) is 32.6. The molecule has 1 aliphatic heterocycles. The number of hydrogen-bond donors (Lipinski definition) is 0.